The molecule has 0 bridgehead atoms. The van der Waals surface area contributed by atoms with Crippen LogP contribution in [0.15, 0.2) is 18.2 Å². The second-order valence-corrected chi connectivity index (χ2v) is 7.08. The molecule has 1 aliphatic rings. The maximum Gasteiger partial charge on any atom is 0.175 e. The fourth-order valence-corrected chi connectivity index (χ4v) is 3.65. The lowest BCUT2D eigenvalue weighted by molar-refractivity contribution is 0.0916. The van der Waals surface area contributed by atoms with Crippen molar-refractivity contribution < 1.29 is 13.9 Å². The Morgan fingerprint density at radius 3 is 2.81 bits per heavy atom. The number of nitrogens with zero attached hydrogens (tertiary/aromatic N) is 1. The third kappa shape index (κ3) is 2.58. The number of fused-ring (bicyclic) bond motifs is 1. The van der Waals surface area contributed by atoms with Gasteiger partial charge in [0.1, 0.15) is 5.01 Å². The standard InChI is InChI=1S/C16H16FNO2S/c1-16(2)7-11-14(12(19)8-16)21-15(18-11)9-4-5-10(17)13(6-9)20-3/h4-6H,7-8H2,1-3H3. The number of hydrogen-bond acceptors (Lipinski definition) is 4. The van der Waals surface area contributed by atoms with Crippen molar-refractivity contribution in [3.05, 3.63) is 34.6 Å². The van der Waals surface area contributed by atoms with Gasteiger partial charge in [0, 0.05) is 12.0 Å². The van der Waals surface area contributed by atoms with E-state index in [2.05, 4.69) is 18.8 Å². The van der Waals surface area contributed by atoms with Gasteiger partial charge in [-0.1, -0.05) is 13.8 Å². The average Bonchev–Trinajstić information content (AvgIpc) is 2.82. The van der Waals surface area contributed by atoms with Gasteiger partial charge in [0.15, 0.2) is 17.3 Å². The van der Waals surface area contributed by atoms with Crippen LogP contribution in [0.3, 0.4) is 0 Å². The normalized spacial score (nSPS) is 16.7. The Balaban J connectivity index is 2.04. The van der Waals surface area contributed by atoms with Crippen LogP contribution in [-0.2, 0) is 6.42 Å². The van der Waals surface area contributed by atoms with Crippen LogP contribution >= 0.6 is 11.3 Å². The number of ketones is 1. The van der Waals surface area contributed by atoms with E-state index >= 15 is 0 Å². The monoisotopic (exact) mass is 305 g/mol. The van der Waals surface area contributed by atoms with Crippen LogP contribution in [0.25, 0.3) is 10.6 Å². The van der Waals surface area contributed by atoms with Crippen molar-refractivity contribution in [2.75, 3.05) is 7.11 Å². The van der Waals surface area contributed by atoms with Crippen molar-refractivity contribution in [2.45, 2.75) is 26.7 Å². The first kappa shape index (κ1) is 14.2. The highest BCUT2D eigenvalue weighted by molar-refractivity contribution is 7.17. The molecule has 1 heterocycles. The van der Waals surface area contributed by atoms with Gasteiger partial charge in [0.05, 0.1) is 17.7 Å². The predicted molar refractivity (Wildman–Crippen MR) is 80.5 cm³/mol. The van der Waals surface area contributed by atoms with Crippen LogP contribution in [0.2, 0.25) is 0 Å². The molecule has 2 aromatic rings. The number of methoxy groups -OCH3 is 1. The number of hydrogen-bond donors (Lipinski definition) is 0. The second kappa shape index (κ2) is 4.91. The number of halogens is 1. The number of ether oxygens (including phenoxy) is 1. The van der Waals surface area contributed by atoms with E-state index in [0.717, 1.165) is 27.6 Å². The summed E-state index contributed by atoms with van der Waals surface area (Å²) in [6.45, 7) is 4.15. The largest absolute Gasteiger partial charge is 0.494 e. The minimum absolute atomic E-state index is 0.0457. The molecule has 5 heteroatoms. The van der Waals surface area contributed by atoms with E-state index in [9.17, 15) is 9.18 Å². The van der Waals surface area contributed by atoms with Gasteiger partial charge in [-0.05, 0) is 30.0 Å². The van der Waals surface area contributed by atoms with E-state index in [0.29, 0.717) is 6.42 Å². The molecule has 0 N–H and O–H groups in total. The molecular weight excluding hydrogens is 289 g/mol. The summed E-state index contributed by atoms with van der Waals surface area (Å²) in [6, 6.07) is 4.65. The van der Waals surface area contributed by atoms with E-state index in [-0.39, 0.29) is 16.9 Å². The van der Waals surface area contributed by atoms with Gasteiger partial charge < -0.3 is 4.74 Å². The Hall–Kier alpha value is -1.75. The summed E-state index contributed by atoms with van der Waals surface area (Å²) < 4.78 is 18.5. The Kier molecular flexibility index (Phi) is 3.32. The molecule has 0 spiro atoms. The third-order valence-corrected chi connectivity index (χ3v) is 4.82. The van der Waals surface area contributed by atoms with Gasteiger partial charge in [0.2, 0.25) is 0 Å². The molecule has 0 amide bonds. The minimum atomic E-state index is -0.403. The molecule has 3 rings (SSSR count). The van der Waals surface area contributed by atoms with Crippen molar-refractivity contribution in [3.8, 4) is 16.3 Å². The maximum absolute atomic E-state index is 13.5. The fourth-order valence-electron chi connectivity index (χ4n) is 2.64. The zero-order chi connectivity index (χ0) is 15.2. The molecule has 0 saturated heterocycles. The first-order valence-electron chi connectivity index (χ1n) is 6.76. The zero-order valence-electron chi connectivity index (χ0n) is 12.2. The smallest absolute Gasteiger partial charge is 0.175 e. The second-order valence-electron chi connectivity index (χ2n) is 6.09. The van der Waals surface area contributed by atoms with Gasteiger partial charge >= 0.3 is 0 Å². The molecule has 0 radical (unpaired) electrons. The van der Waals surface area contributed by atoms with Gasteiger partial charge in [-0.15, -0.1) is 11.3 Å². The highest BCUT2D eigenvalue weighted by Crippen LogP contribution is 2.40. The van der Waals surface area contributed by atoms with Gasteiger partial charge in [0.25, 0.3) is 0 Å². The third-order valence-electron chi connectivity index (χ3n) is 3.63. The zero-order valence-corrected chi connectivity index (χ0v) is 13.0. The van der Waals surface area contributed by atoms with Crippen molar-refractivity contribution in [1.82, 2.24) is 4.98 Å². The molecule has 1 aromatic carbocycles. The lowest BCUT2D eigenvalue weighted by Gasteiger charge is -2.26. The number of Topliss-reactive ketones (excluding diaryl/α,β-unsaturated/α-hetero) is 1. The Morgan fingerprint density at radius 1 is 1.33 bits per heavy atom. The molecule has 0 saturated carbocycles. The number of benzene rings is 1. The van der Waals surface area contributed by atoms with Gasteiger partial charge in [-0.25, -0.2) is 9.37 Å². The quantitative estimate of drug-likeness (QED) is 0.838. The lowest BCUT2D eigenvalue weighted by atomic mass is 9.78. The number of carbonyl (C=O) groups is 1. The molecule has 3 nitrogen and oxygen atoms in total. The molecular formula is C16H16FNO2S. The molecule has 1 aliphatic carbocycles. The summed E-state index contributed by atoms with van der Waals surface area (Å²) in [6.07, 6.45) is 1.34. The van der Waals surface area contributed by atoms with Crippen molar-refractivity contribution >= 4 is 17.1 Å². The van der Waals surface area contributed by atoms with Crippen LogP contribution in [0.5, 0.6) is 5.75 Å². The van der Waals surface area contributed by atoms with E-state index in [4.69, 9.17) is 4.74 Å². The maximum atomic E-state index is 13.5. The molecule has 1 aromatic heterocycles. The van der Waals surface area contributed by atoms with E-state index in [1.165, 1.54) is 24.5 Å². The highest BCUT2D eigenvalue weighted by atomic mass is 32.1. The summed E-state index contributed by atoms with van der Waals surface area (Å²) in [4.78, 5) is 17.5. The molecule has 0 atom stereocenters. The topological polar surface area (TPSA) is 39.2 Å². The minimum Gasteiger partial charge on any atom is -0.494 e. The first-order chi connectivity index (χ1) is 9.89. The predicted octanol–water partition coefficient (Wildman–Crippen LogP) is 4.11. The lowest BCUT2D eigenvalue weighted by Crippen LogP contribution is -2.25. The molecule has 0 unspecified atom stereocenters. The van der Waals surface area contributed by atoms with Gasteiger partial charge in [-0.3, -0.25) is 4.79 Å². The first-order valence-corrected chi connectivity index (χ1v) is 7.58. The fraction of sp³-hybridized carbons (Fsp3) is 0.375. The van der Waals surface area contributed by atoms with Crippen molar-refractivity contribution in [1.29, 1.82) is 0 Å². The summed E-state index contributed by atoms with van der Waals surface area (Å²) >= 11 is 1.38. The Bertz CT molecular complexity index is 721. The van der Waals surface area contributed by atoms with E-state index in [1.54, 1.807) is 12.1 Å². The van der Waals surface area contributed by atoms with Crippen LogP contribution in [-0.4, -0.2) is 17.9 Å². The summed E-state index contributed by atoms with van der Waals surface area (Å²) in [5.74, 6) is -0.0637. The summed E-state index contributed by atoms with van der Waals surface area (Å²) in [5.41, 5.74) is 1.59. The molecule has 0 aliphatic heterocycles. The van der Waals surface area contributed by atoms with Gasteiger partial charge in [-0.2, -0.15) is 0 Å². The molecule has 21 heavy (non-hydrogen) atoms. The molecule has 0 fully saturated rings. The SMILES string of the molecule is COc1cc(-c2nc3c(s2)C(=O)CC(C)(C)C3)ccc1F. The molecule has 110 valence electrons. The van der Waals surface area contributed by atoms with Crippen LogP contribution in [0.4, 0.5) is 4.39 Å². The average molecular weight is 305 g/mol. The summed E-state index contributed by atoms with van der Waals surface area (Å²) in [7, 11) is 1.43. The van der Waals surface area contributed by atoms with Crippen molar-refractivity contribution in [3.63, 3.8) is 0 Å². The number of aromatic nitrogens is 1. The van der Waals surface area contributed by atoms with Crippen molar-refractivity contribution in [2.24, 2.45) is 5.41 Å². The van der Waals surface area contributed by atoms with E-state index in [1.807, 2.05) is 0 Å². The van der Waals surface area contributed by atoms with Crippen LogP contribution in [0, 0.1) is 11.2 Å². The Labute approximate surface area is 126 Å². The number of rotatable bonds is 2. The Morgan fingerprint density at radius 2 is 2.10 bits per heavy atom. The highest BCUT2D eigenvalue weighted by Gasteiger charge is 2.34. The van der Waals surface area contributed by atoms with Crippen LogP contribution < -0.4 is 4.74 Å². The van der Waals surface area contributed by atoms with E-state index < -0.39 is 5.82 Å². The summed E-state index contributed by atoms with van der Waals surface area (Å²) in [5, 5.41) is 0.740. The number of carbonyl (C=O) groups excluding carboxylic acids is 1. The van der Waals surface area contributed by atoms with Crippen LogP contribution in [0.1, 0.15) is 35.6 Å². The number of thiazole rings is 1.